The summed E-state index contributed by atoms with van der Waals surface area (Å²) in [4.78, 5) is 0. The topological polar surface area (TPSA) is 47.9 Å². The molecule has 1 N–H and O–H groups in total. The molecule has 1 aliphatic carbocycles. The highest BCUT2D eigenvalue weighted by molar-refractivity contribution is 5.48. The summed E-state index contributed by atoms with van der Waals surface area (Å²) in [5, 5.41) is 9.93. The van der Waals surface area contributed by atoms with E-state index in [1.165, 1.54) is 11.6 Å². The summed E-state index contributed by atoms with van der Waals surface area (Å²) < 4.78 is 30.8. The van der Waals surface area contributed by atoms with Gasteiger partial charge in [-0.2, -0.15) is 0 Å². The van der Waals surface area contributed by atoms with E-state index in [0.29, 0.717) is 6.61 Å². The van der Waals surface area contributed by atoms with Gasteiger partial charge in [-0.05, 0) is 84.5 Å². The molecule has 0 heterocycles. The van der Waals surface area contributed by atoms with Crippen LogP contribution in [0.5, 0.6) is 11.5 Å². The number of phenols is 1. The van der Waals surface area contributed by atoms with Gasteiger partial charge in [-0.25, -0.2) is 4.39 Å². The molecule has 3 aromatic carbocycles. The lowest BCUT2D eigenvalue weighted by Gasteiger charge is -2.35. The Kier molecular flexibility index (Phi) is 8.20. The van der Waals surface area contributed by atoms with Gasteiger partial charge in [0.05, 0.1) is 6.61 Å². The van der Waals surface area contributed by atoms with Crippen LogP contribution >= 0.6 is 0 Å². The van der Waals surface area contributed by atoms with E-state index in [1.54, 1.807) is 20.3 Å². The zero-order chi connectivity index (χ0) is 23.9. The number of rotatable bonds is 10. The van der Waals surface area contributed by atoms with Crippen LogP contribution in [0, 0.1) is 5.82 Å². The van der Waals surface area contributed by atoms with Crippen molar-refractivity contribution in [3.8, 4) is 11.5 Å². The number of aryl methyl sites for hydroxylation is 1. The molecule has 180 valence electrons. The van der Waals surface area contributed by atoms with Crippen LogP contribution in [-0.2, 0) is 15.9 Å². The number of halogens is 1. The van der Waals surface area contributed by atoms with Crippen LogP contribution in [0.3, 0.4) is 0 Å². The number of hydrogen-bond donors (Lipinski definition) is 1. The quantitative estimate of drug-likeness (QED) is 0.273. The van der Waals surface area contributed by atoms with Crippen LogP contribution in [0.1, 0.15) is 59.8 Å². The van der Waals surface area contributed by atoms with Gasteiger partial charge in [0.25, 0.3) is 0 Å². The highest BCUT2D eigenvalue weighted by Gasteiger charge is 2.33. The van der Waals surface area contributed by atoms with E-state index in [9.17, 15) is 9.50 Å². The lowest BCUT2D eigenvalue weighted by atomic mass is 9.69. The molecule has 0 amide bonds. The molecule has 0 radical (unpaired) electrons. The van der Waals surface area contributed by atoms with Crippen molar-refractivity contribution >= 4 is 0 Å². The first kappa shape index (κ1) is 24.2. The van der Waals surface area contributed by atoms with E-state index < -0.39 is 5.82 Å². The number of fused-ring (bicyclic) bond motifs is 1. The zero-order valence-corrected chi connectivity index (χ0v) is 19.9. The third-order valence-electron chi connectivity index (χ3n) is 6.77. The predicted octanol–water partition coefficient (Wildman–Crippen LogP) is 6.56. The average molecular weight is 465 g/mol. The Bertz CT molecular complexity index is 1050. The molecule has 0 saturated carbocycles. The summed E-state index contributed by atoms with van der Waals surface area (Å²) in [6, 6.07) is 21.7. The first-order chi connectivity index (χ1) is 16.6. The minimum atomic E-state index is -0.568. The molecule has 4 rings (SSSR count). The second-order valence-corrected chi connectivity index (χ2v) is 8.85. The summed E-state index contributed by atoms with van der Waals surface area (Å²) >= 11 is 0. The second-order valence-electron chi connectivity index (χ2n) is 8.85. The van der Waals surface area contributed by atoms with E-state index in [0.717, 1.165) is 54.5 Å². The van der Waals surface area contributed by atoms with Crippen LogP contribution in [0.15, 0.2) is 66.7 Å². The van der Waals surface area contributed by atoms with Crippen LogP contribution in [0.4, 0.5) is 4.39 Å². The summed E-state index contributed by atoms with van der Waals surface area (Å²) in [6.07, 6.45) is 4.30. The molecule has 0 bridgehead atoms. The fourth-order valence-corrected chi connectivity index (χ4v) is 5.00. The van der Waals surface area contributed by atoms with Crippen LogP contribution in [0.2, 0.25) is 0 Å². The average Bonchev–Trinajstić information content (AvgIpc) is 2.87. The summed E-state index contributed by atoms with van der Waals surface area (Å²) in [5.41, 5.74) is 4.34. The standard InChI is InChI=1S/C29H33FO4/c1-32-28(33-2)10-6-7-17-34-23-14-11-21(12-15-23)29-24(20-8-4-3-5-9-20)16-13-22-18-27(31)26(30)19-25(22)29/h3-5,8-9,11-12,14-15,18-19,24,28-29,31H,6-7,10,13,16-17H2,1-2H3/t24-,29+/m0/s1. The molecule has 5 heteroatoms. The first-order valence-corrected chi connectivity index (χ1v) is 11.9. The van der Waals surface area contributed by atoms with Gasteiger partial charge in [0.15, 0.2) is 17.9 Å². The highest BCUT2D eigenvalue weighted by atomic mass is 19.1. The Morgan fingerprint density at radius 1 is 0.941 bits per heavy atom. The van der Waals surface area contributed by atoms with Crippen molar-refractivity contribution in [2.24, 2.45) is 0 Å². The molecule has 0 unspecified atom stereocenters. The lowest BCUT2D eigenvalue weighted by molar-refractivity contribution is -0.107. The fourth-order valence-electron chi connectivity index (χ4n) is 5.00. The van der Waals surface area contributed by atoms with Crippen LogP contribution < -0.4 is 4.74 Å². The molecule has 2 atom stereocenters. The van der Waals surface area contributed by atoms with E-state index in [2.05, 4.69) is 36.4 Å². The monoisotopic (exact) mass is 464 g/mol. The lowest BCUT2D eigenvalue weighted by Crippen LogP contribution is -2.20. The predicted molar refractivity (Wildman–Crippen MR) is 131 cm³/mol. The maximum Gasteiger partial charge on any atom is 0.165 e. The van der Waals surface area contributed by atoms with Crippen LogP contribution in [-0.4, -0.2) is 32.2 Å². The number of unbranched alkanes of at least 4 members (excludes halogenated alkanes) is 1. The molecule has 0 fully saturated rings. The van der Waals surface area contributed by atoms with Gasteiger partial charge in [-0.1, -0.05) is 42.5 Å². The van der Waals surface area contributed by atoms with Crippen molar-refractivity contribution in [3.63, 3.8) is 0 Å². The van der Waals surface area contributed by atoms with Gasteiger partial charge >= 0.3 is 0 Å². The number of ether oxygens (including phenoxy) is 3. The van der Waals surface area contributed by atoms with Gasteiger partial charge in [0.2, 0.25) is 0 Å². The Morgan fingerprint density at radius 2 is 1.68 bits per heavy atom. The maximum absolute atomic E-state index is 14.4. The van der Waals surface area contributed by atoms with Crippen molar-refractivity contribution in [2.75, 3.05) is 20.8 Å². The Labute approximate surface area is 201 Å². The highest BCUT2D eigenvalue weighted by Crippen LogP contribution is 2.47. The molecule has 34 heavy (non-hydrogen) atoms. The minimum absolute atomic E-state index is 0.00956. The molecule has 3 aromatic rings. The third-order valence-corrected chi connectivity index (χ3v) is 6.77. The van der Waals surface area contributed by atoms with Crippen LogP contribution in [0.25, 0.3) is 0 Å². The molecular formula is C29H33FO4. The van der Waals surface area contributed by atoms with Gasteiger partial charge in [-0.15, -0.1) is 0 Å². The number of aromatic hydroxyl groups is 1. The van der Waals surface area contributed by atoms with E-state index >= 15 is 0 Å². The number of methoxy groups -OCH3 is 2. The molecule has 0 aromatic heterocycles. The van der Waals surface area contributed by atoms with Crippen molar-refractivity contribution in [2.45, 2.75) is 50.2 Å². The fraction of sp³-hybridized carbons (Fsp3) is 0.379. The van der Waals surface area contributed by atoms with Crippen molar-refractivity contribution in [1.29, 1.82) is 0 Å². The van der Waals surface area contributed by atoms with E-state index in [-0.39, 0.29) is 23.9 Å². The Hall–Kier alpha value is -2.89. The first-order valence-electron chi connectivity index (χ1n) is 11.9. The Morgan fingerprint density at radius 3 is 2.38 bits per heavy atom. The van der Waals surface area contributed by atoms with Gasteiger partial charge in [0, 0.05) is 20.1 Å². The normalized spacial score (nSPS) is 17.5. The molecule has 0 saturated heterocycles. The molecule has 0 aliphatic heterocycles. The maximum atomic E-state index is 14.4. The van der Waals surface area contributed by atoms with Gasteiger partial charge in [0.1, 0.15) is 5.75 Å². The van der Waals surface area contributed by atoms with Crippen molar-refractivity contribution in [3.05, 3.63) is 94.8 Å². The largest absolute Gasteiger partial charge is 0.505 e. The smallest absolute Gasteiger partial charge is 0.165 e. The van der Waals surface area contributed by atoms with Crippen molar-refractivity contribution < 1.29 is 23.7 Å². The summed E-state index contributed by atoms with van der Waals surface area (Å²) in [7, 11) is 3.30. The molecule has 4 nitrogen and oxygen atoms in total. The van der Waals surface area contributed by atoms with Gasteiger partial charge < -0.3 is 19.3 Å². The number of hydrogen-bond acceptors (Lipinski definition) is 4. The van der Waals surface area contributed by atoms with Gasteiger partial charge in [-0.3, -0.25) is 0 Å². The third kappa shape index (κ3) is 5.60. The van der Waals surface area contributed by atoms with E-state index in [1.807, 2.05) is 18.2 Å². The second kappa shape index (κ2) is 11.5. The molecule has 0 spiro atoms. The SMILES string of the molecule is COC(CCCCOc1ccc([C@H]2c3cc(F)c(O)cc3CC[C@H]2c2ccccc2)cc1)OC. The van der Waals surface area contributed by atoms with E-state index in [4.69, 9.17) is 14.2 Å². The number of phenolic OH excluding ortho intramolecular Hbond substituents is 1. The number of benzene rings is 3. The summed E-state index contributed by atoms with van der Waals surface area (Å²) in [6.45, 7) is 0.628. The Balaban J connectivity index is 1.51. The molecule has 1 aliphatic rings. The molecular weight excluding hydrogens is 431 g/mol. The van der Waals surface area contributed by atoms with Crippen molar-refractivity contribution in [1.82, 2.24) is 0 Å². The summed E-state index contributed by atoms with van der Waals surface area (Å²) in [5.74, 6) is 0.223. The minimum Gasteiger partial charge on any atom is -0.505 e. The zero-order valence-electron chi connectivity index (χ0n) is 19.9.